The number of fused-ring (bicyclic) bond motifs is 1. The molecule has 0 bridgehead atoms. The summed E-state index contributed by atoms with van der Waals surface area (Å²) in [6.07, 6.45) is 3.97. The largest absolute Gasteiger partial charge is 0.342 e. The average molecular weight is 300 g/mol. The van der Waals surface area contributed by atoms with Gasteiger partial charge in [-0.2, -0.15) is 5.10 Å². The van der Waals surface area contributed by atoms with E-state index in [1.54, 1.807) is 18.3 Å². The minimum Gasteiger partial charge on any atom is -0.342 e. The maximum atomic E-state index is 12.1. The summed E-state index contributed by atoms with van der Waals surface area (Å²) in [7, 11) is 0. The number of aromatic nitrogens is 3. The van der Waals surface area contributed by atoms with Crippen LogP contribution in [0, 0.1) is 0 Å². The van der Waals surface area contributed by atoms with E-state index in [1.165, 1.54) is 6.20 Å². The fourth-order valence-electron chi connectivity index (χ4n) is 2.30. The van der Waals surface area contributed by atoms with Crippen LogP contribution < -0.4 is 16.0 Å². The van der Waals surface area contributed by atoms with E-state index in [1.807, 2.05) is 0 Å². The lowest BCUT2D eigenvalue weighted by molar-refractivity contribution is -0.115. The van der Waals surface area contributed by atoms with E-state index in [-0.39, 0.29) is 18.4 Å². The Hall–Kier alpha value is -2.74. The fourth-order valence-corrected chi connectivity index (χ4v) is 2.30. The Morgan fingerprint density at radius 2 is 2.27 bits per heavy atom. The van der Waals surface area contributed by atoms with Crippen molar-refractivity contribution in [3.63, 3.8) is 0 Å². The summed E-state index contributed by atoms with van der Waals surface area (Å²) >= 11 is 0. The molecule has 3 heterocycles. The third-order valence-corrected chi connectivity index (χ3v) is 3.38. The number of H-pyrrole nitrogens is 1. The third kappa shape index (κ3) is 3.12. The van der Waals surface area contributed by atoms with Gasteiger partial charge in [0, 0.05) is 37.0 Å². The number of nitrogens with zero attached hydrogens (tertiary/aromatic N) is 2. The molecule has 0 saturated carbocycles. The van der Waals surface area contributed by atoms with Crippen molar-refractivity contribution in [3.8, 4) is 0 Å². The van der Waals surface area contributed by atoms with Gasteiger partial charge < -0.3 is 16.0 Å². The van der Waals surface area contributed by atoms with Crippen LogP contribution in [0.25, 0.3) is 0 Å². The summed E-state index contributed by atoms with van der Waals surface area (Å²) in [5, 5.41) is 15.3. The Balaban J connectivity index is 1.56. The smallest absolute Gasteiger partial charge is 0.272 e. The zero-order valence-electron chi connectivity index (χ0n) is 11.8. The van der Waals surface area contributed by atoms with Gasteiger partial charge in [-0.25, -0.2) is 0 Å². The van der Waals surface area contributed by atoms with Gasteiger partial charge in [0.1, 0.15) is 0 Å². The van der Waals surface area contributed by atoms with E-state index in [9.17, 15) is 9.59 Å². The van der Waals surface area contributed by atoms with Gasteiger partial charge in [-0.1, -0.05) is 0 Å². The molecule has 114 valence electrons. The molecule has 2 aromatic heterocycles. The number of carbonyl (C=O) groups excluding carboxylic acids is 2. The Kier molecular flexibility index (Phi) is 4.10. The Morgan fingerprint density at radius 3 is 3.09 bits per heavy atom. The van der Waals surface area contributed by atoms with E-state index < -0.39 is 0 Å². The van der Waals surface area contributed by atoms with Crippen LogP contribution in [0.3, 0.4) is 0 Å². The topological polar surface area (TPSA) is 112 Å². The maximum Gasteiger partial charge on any atom is 0.272 e. The molecule has 0 radical (unpaired) electrons. The van der Waals surface area contributed by atoms with Gasteiger partial charge >= 0.3 is 0 Å². The van der Waals surface area contributed by atoms with Crippen LogP contribution in [0.5, 0.6) is 0 Å². The molecule has 0 unspecified atom stereocenters. The van der Waals surface area contributed by atoms with Crippen molar-refractivity contribution < 1.29 is 9.59 Å². The van der Waals surface area contributed by atoms with Gasteiger partial charge in [0.25, 0.3) is 5.91 Å². The van der Waals surface area contributed by atoms with Gasteiger partial charge in [-0.3, -0.25) is 19.7 Å². The summed E-state index contributed by atoms with van der Waals surface area (Å²) in [4.78, 5) is 27.8. The van der Waals surface area contributed by atoms with E-state index >= 15 is 0 Å². The van der Waals surface area contributed by atoms with Crippen LogP contribution in [-0.4, -0.2) is 40.1 Å². The summed E-state index contributed by atoms with van der Waals surface area (Å²) in [5.41, 5.74) is 2.78. The fraction of sp³-hybridized carbons (Fsp3) is 0.286. The molecule has 1 aliphatic rings. The molecule has 2 amide bonds. The molecule has 4 N–H and O–H groups in total. The lowest BCUT2D eigenvalue weighted by atomic mass is 10.1. The van der Waals surface area contributed by atoms with Crippen molar-refractivity contribution in [2.45, 2.75) is 13.0 Å². The molecule has 0 fully saturated rings. The van der Waals surface area contributed by atoms with Crippen molar-refractivity contribution in [3.05, 3.63) is 41.5 Å². The normalized spacial score (nSPS) is 13.3. The molecule has 0 spiro atoms. The highest BCUT2D eigenvalue weighted by Crippen LogP contribution is 2.14. The van der Waals surface area contributed by atoms with Gasteiger partial charge in [-0.05, 0) is 12.1 Å². The average Bonchev–Trinajstić information content (AvgIpc) is 2.98. The van der Waals surface area contributed by atoms with Gasteiger partial charge in [0.15, 0.2) is 5.69 Å². The first-order chi connectivity index (χ1) is 10.7. The zero-order chi connectivity index (χ0) is 15.4. The van der Waals surface area contributed by atoms with Crippen LogP contribution in [0.1, 0.15) is 21.7 Å². The Morgan fingerprint density at radius 1 is 1.36 bits per heavy atom. The number of hydrogen-bond acceptors (Lipinski definition) is 5. The van der Waals surface area contributed by atoms with E-state index in [0.29, 0.717) is 17.9 Å². The molecule has 8 nitrogen and oxygen atoms in total. The van der Waals surface area contributed by atoms with Crippen molar-refractivity contribution in [2.75, 3.05) is 18.4 Å². The standard InChI is InChI=1S/C14H16N6O2/c21-12(18-9-2-1-4-15-6-9)8-17-14(22)13-10-7-16-5-3-11(10)19-20-13/h1-2,4,6,16H,3,5,7-8H2,(H,17,22)(H,18,21)(H,19,20). The Labute approximate surface area is 126 Å². The van der Waals surface area contributed by atoms with Crippen LogP contribution >= 0.6 is 0 Å². The van der Waals surface area contributed by atoms with Gasteiger partial charge in [0.2, 0.25) is 5.91 Å². The van der Waals surface area contributed by atoms with Gasteiger partial charge in [0.05, 0.1) is 18.4 Å². The molecule has 22 heavy (non-hydrogen) atoms. The highest BCUT2D eigenvalue weighted by atomic mass is 16.2. The molecule has 0 aromatic carbocycles. The van der Waals surface area contributed by atoms with Gasteiger partial charge in [-0.15, -0.1) is 0 Å². The van der Waals surface area contributed by atoms with Crippen LogP contribution in [0.15, 0.2) is 24.5 Å². The van der Waals surface area contributed by atoms with E-state index in [2.05, 4.69) is 31.1 Å². The SMILES string of the molecule is O=C(CNC(=O)c1n[nH]c2c1CNCC2)Nc1cccnc1. The van der Waals surface area contributed by atoms with Crippen molar-refractivity contribution in [1.82, 2.24) is 25.8 Å². The first kappa shape index (κ1) is 14.2. The number of rotatable bonds is 4. The second-order valence-corrected chi connectivity index (χ2v) is 4.93. The van der Waals surface area contributed by atoms with Crippen LogP contribution in [-0.2, 0) is 17.8 Å². The molecule has 1 aliphatic heterocycles. The molecule has 2 aromatic rings. The van der Waals surface area contributed by atoms with Crippen molar-refractivity contribution in [1.29, 1.82) is 0 Å². The second-order valence-electron chi connectivity index (χ2n) is 4.93. The maximum absolute atomic E-state index is 12.1. The number of amides is 2. The molecule has 0 saturated heterocycles. The molecule has 8 heteroatoms. The lowest BCUT2D eigenvalue weighted by Crippen LogP contribution is -2.34. The molecular formula is C14H16N6O2. The first-order valence-corrected chi connectivity index (χ1v) is 6.99. The zero-order valence-corrected chi connectivity index (χ0v) is 11.8. The van der Waals surface area contributed by atoms with E-state index in [0.717, 1.165) is 24.2 Å². The summed E-state index contributed by atoms with van der Waals surface area (Å²) in [5.74, 6) is -0.675. The van der Waals surface area contributed by atoms with Crippen LogP contribution in [0.4, 0.5) is 5.69 Å². The number of nitrogens with one attached hydrogen (secondary N) is 4. The number of hydrogen-bond donors (Lipinski definition) is 4. The number of aromatic amines is 1. The minimum atomic E-state index is -0.359. The predicted octanol–water partition coefficient (Wildman–Crippen LogP) is -0.181. The predicted molar refractivity (Wildman–Crippen MR) is 79.2 cm³/mol. The summed E-state index contributed by atoms with van der Waals surface area (Å²) in [6.45, 7) is 1.35. The highest BCUT2D eigenvalue weighted by molar-refractivity contribution is 5.99. The van der Waals surface area contributed by atoms with E-state index in [4.69, 9.17) is 0 Å². The molecule has 3 rings (SSSR count). The summed E-state index contributed by atoms with van der Waals surface area (Å²) < 4.78 is 0. The quantitative estimate of drug-likeness (QED) is 0.626. The number of pyridine rings is 1. The molecule has 0 atom stereocenters. The number of carbonyl (C=O) groups is 2. The number of anilines is 1. The lowest BCUT2D eigenvalue weighted by Gasteiger charge is -2.12. The first-order valence-electron chi connectivity index (χ1n) is 6.99. The van der Waals surface area contributed by atoms with Crippen LogP contribution in [0.2, 0.25) is 0 Å². The third-order valence-electron chi connectivity index (χ3n) is 3.38. The van der Waals surface area contributed by atoms with Crippen molar-refractivity contribution >= 4 is 17.5 Å². The van der Waals surface area contributed by atoms with Crippen molar-refractivity contribution in [2.24, 2.45) is 0 Å². The monoisotopic (exact) mass is 300 g/mol. The highest BCUT2D eigenvalue weighted by Gasteiger charge is 2.21. The molecule has 0 aliphatic carbocycles. The minimum absolute atomic E-state index is 0.122. The molecular weight excluding hydrogens is 284 g/mol. The second kappa shape index (κ2) is 6.35. The summed E-state index contributed by atoms with van der Waals surface area (Å²) in [6, 6.07) is 3.44. The Bertz CT molecular complexity index is 682.